The Morgan fingerprint density at radius 2 is 2.31 bits per heavy atom. The lowest BCUT2D eigenvalue weighted by Gasteiger charge is -2.01. The molecule has 0 bridgehead atoms. The molecule has 0 aliphatic carbocycles. The first-order chi connectivity index (χ1) is 6.08. The van der Waals surface area contributed by atoms with Crippen LogP contribution in [0.3, 0.4) is 0 Å². The third-order valence-corrected chi connectivity index (χ3v) is 1.23. The van der Waals surface area contributed by atoms with Gasteiger partial charge in [-0.25, -0.2) is 0 Å². The van der Waals surface area contributed by atoms with Crippen molar-refractivity contribution in [2.75, 3.05) is 5.32 Å². The summed E-state index contributed by atoms with van der Waals surface area (Å²) in [6.07, 6.45) is 0. The highest BCUT2D eigenvalue weighted by Crippen LogP contribution is 1.90. The molecule has 1 heterocycles. The zero-order chi connectivity index (χ0) is 9.84. The van der Waals surface area contributed by atoms with Gasteiger partial charge in [0.2, 0.25) is 5.91 Å². The second-order valence-corrected chi connectivity index (χ2v) is 2.65. The fourth-order valence-electron chi connectivity index (χ4n) is 0.627. The Morgan fingerprint density at radius 3 is 2.77 bits per heavy atom. The minimum atomic E-state index is -0.249. The number of amides is 1. The van der Waals surface area contributed by atoms with E-state index in [0.717, 1.165) is 0 Å². The average Bonchev–Trinajstić information content (AvgIpc) is 2.33. The van der Waals surface area contributed by atoms with Gasteiger partial charge in [0.1, 0.15) is 0 Å². The lowest BCUT2D eigenvalue weighted by atomic mass is 10.7. The minimum absolute atomic E-state index is 0.153. The number of nitrogens with zero attached hydrogens (tertiary/aromatic N) is 4. The van der Waals surface area contributed by atoms with Crippen LogP contribution in [0.4, 0.5) is 5.95 Å². The molecule has 8 heteroatoms. The van der Waals surface area contributed by atoms with Gasteiger partial charge in [-0.05, 0) is 17.4 Å². The van der Waals surface area contributed by atoms with Gasteiger partial charge in [0.15, 0.2) is 5.11 Å². The van der Waals surface area contributed by atoms with Crippen molar-refractivity contribution >= 4 is 29.2 Å². The molecule has 0 saturated heterocycles. The van der Waals surface area contributed by atoms with E-state index in [4.69, 9.17) is 12.2 Å². The Bertz CT molecular complexity index is 334. The molecular formula is C5H8N6OS. The molecular weight excluding hydrogens is 192 g/mol. The van der Waals surface area contributed by atoms with Crippen LogP contribution in [0.15, 0.2) is 0 Å². The molecule has 2 N–H and O–H groups in total. The van der Waals surface area contributed by atoms with E-state index in [1.165, 1.54) is 11.7 Å². The molecule has 70 valence electrons. The molecule has 0 fully saturated rings. The van der Waals surface area contributed by atoms with Crippen molar-refractivity contribution in [3.05, 3.63) is 0 Å². The molecule has 1 rings (SSSR count). The summed E-state index contributed by atoms with van der Waals surface area (Å²) in [7, 11) is 1.62. The van der Waals surface area contributed by atoms with Crippen molar-refractivity contribution in [2.24, 2.45) is 7.05 Å². The molecule has 0 radical (unpaired) electrons. The Balaban J connectivity index is 2.50. The minimum Gasteiger partial charge on any atom is -0.303 e. The van der Waals surface area contributed by atoms with Crippen LogP contribution in [0.25, 0.3) is 0 Å². The highest BCUT2D eigenvalue weighted by molar-refractivity contribution is 7.80. The van der Waals surface area contributed by atoms with Crippen LogP contribution in [-0.4, -0.2) is 31.2 Å². The monoisotopic (exact) mass is 200 g/mol. The predicted octanol–water partition coefficient (Wildman–Crippen LogP) is -0.957. The summed E-state index contributed by atoms with van der Waals surface area (Å²) in [4.78, 5) is 11.8. The largest absolute Gasteiger partial charge is 0.303 e. The molecule has 13 heavy (non-hydrogen) atoms. The van der Waals surface area contributed by atoms with Crippen LogP contribution in [0.2, 0.25) is 0 Å². The van der Waals surface area contributed by atoms with Crippen molar-refractivity contribution in [1.29, 1.82) is 0 Å². The van der Waals surface area contributed by atoms with Crippen molar-refractivity contribution < 1.29 is 4.79 Å². The van der Waals surface area contributed by atoms with Gasteiger partial charge in [-0.3, -0.25) is 10.1 Å². The standard InChI is InChI=1S/C5H8N6OS/c1-3(12)6-5(13)7-4-8-10-11(2)9-4/h1-2H3,(H2,6,7,9,12,13). The van der Waals surface area contributed by atoms with Crippen molar-refractivity contribution in [3.63, 3.8) is 0 Å². The summed E-state index contributed by atoms with van der Waals surface area (Å²) in [6, 6.07) is 0. The molecule has 1 aromatic heterocycles. The summed E-state index contributed by atoms with van der Waals surface area (Å²) in [6.45, 7) is 1.36. The Labute approximate surface area is 79.5 Å². The van der Waals surface area contributed by atoms with E-state index in [2.05, 4.69) is 26.0 Å². The van der Waals surface area contributed by atoms with Crippen LogP contribution in [0.1, 0.15) is 6.92 Å². The van der Waals surface area contributed by atoms with E-state index >= 15 is 0 Å². The summed E-state index contributed by atoms with van der Waals surface area (Å²) in [5.41, 5.74) is 0. The van der Waals surface area contributed by atoms with Gasteiger partial charge >= 0.3 is 0 Å². The molecule has 0 unspecified atom stereocenters. The number of hydrogen-bond donors (Lipinski definition) is 2. The maximum atomic E-state index is 10.5. The van der Waals surface area contributed by atoms with Crippen LogP contribution >= 0.6 is 12.2 Å². The first kappa shape index (κ1) is 9.52. The van der Waals surface area contributed by atoms with Gasteiger partial charge < -0.3 is 5.32 Å². The van der Waals surface area contributed by atoms with Gasteiger partial charge in [0, 0.05) is 6.92 Å². The van der Waals surface area contributed by atoms with Crippen molar-refractivity contribution in [3.8, 4) is 0 Å². The quantitative estimate of drug-likeness (QED) is 0.568. The molecule has 1 aromatic rings. The first-order valence-corrected chi connectivity index (χ1v) is 3.81. The number of aryl methyl sites for hydroxylation is 1. The highest BCUT2D eigenvalue weighted by Gasteiger charge is 2.03. The van der Waals surface area contributed by atoms with E-state index in [0.29, 0.717) is 0 Å². The lowest BCUT2D eigenvalue weighted by Crippen LogP contribution is -2.32. The number of tetrazole rings is 1. The Morgan fingerprint density at radius 1 is 1.62 bits per heavy atom. The van der Waals surface area contributed by atoms with Crippen molar-refractivity contribution in [1.82, 2.24) is 25.5 Å². The highest BCUT2D eigenvalue weighted by atomic mass is 32.1. The molecule has 7 nitrogen and oxygen atoms in total. The smallest absolute Gasteiger partial charge is 0.269 e. The molecule has 0 aliphatic rings. The zero-order valence-corrected chi connectivity index (χ0v) is 7.92. The summed E-state index contributed by atoms with van der Waals surface area (Å²) < 4.78 is 0. The number of anilines is 1. The van der Waals surface area contributed by atoms with Gasteiger partial charge in [0.05, 0.1) is 7.05 Å². The zero-order valence-electron chi connectivity index (χ0n) is 7.11. The molecule has 0 aromatic carbocycles. The maximum absolute atomic E-state index is 10.5. The van der Waals surface area contributed by atoms with Crippen LogP contribution in [0, 0.1) is 0 Å². The van der Waals surface area contributed by atoms with Crippen LogP contribution < -0.4 is 10.6 Å². The molecule has 0 atom stereocenters. The fraction of sp³-hybridized carbons (Fsp3) is 0.400. The average molecular weight is 200 g/mol. The van der Waals surface area contributed by atoms with E-state index in [1.54, 1.807) is 7.05 Å². The van der Waals surface area contributed by atoms with Gasteiger partial charge in [-0.1, -0.05) is 5.10 Å². The Hall–Kier alpha value is -1.57. The molecule has 0 saturated carbocycles. The summed E-state index contributed by atoms with van der Waals surface area (Å²) in [5, 5.41) is 16.1. The third kappa shape index (κ3) is 3.11. The van der Waals surface area contributed by atoms with Gasteiger partial charge in [-0.15, -0.1) is 5.10 Å². The maximum Gasteiger partial charge on any atom is 0.269 e. The SMILES string of the molecule is CC(=O)NC(=S)Nc1nnn(C)n1. The van der Waals surface area contributed by atoms with Crippen LogP contribution in [-0.2, 0) is 11.8 Å². The predicted molar refractivity (Wildman–Crippen MR) is 48.8 cm³/mol. The number of carbonyl (C=O) groups is 1. The number of aromatic nitrogens is 4. The number of hydrogen-bond acceptors (Lipinski definition) is 5. The van der Waals surface area contributed by atoms with Gasteiger partial charge in [-0.2, -0.15) is 4.80 Å². The topological polar surface area (TPSA) is 84.7 Å². The van der Waals surface area contributed by atoms with Crippen molar-refractivity contribution in [2.45, 2.75) is 6.92 Å². The van der Waals surface area contributed by atoms with Gasteiger partial charge in [0.25, 0.3) is 5.95 Å². The fourth-order valence-corrected chi connectivity index (χ4v) is 0.862. The van der Waals surface area contributed by atoms with E-state index in [1.807, 2.05) is 0 Å². The van der Waals surface area contributed by atoms with E-state index in [9.17, 15) is 4.79 Å². The number of nitrogens with one attached hydrogen (secondary N) is 2. The molecule has 1 amide bonds. The molecule has 0 aliphatic heterocycles. The molecule has 0 spiro atoms. The first-order valence-electron chi connectivity index (χ1n) is 3.40. The van der Waals surface area contributed by atoms with Crippen LogP contribution in [0.5, 0.6) is 0 Å². The van der Waals surface area contributed by atoms with E-state index in [-0.39, 0.29) is 17.0 Å². The third-order valence-electron chi connectivity index (χ3n) is 1.02. The normalized spacial score (nSPS) is 9.38. The lowest BCUT2D eigenvalue weighted by molar-refractivity contribution is -0.117. The summed E-state index contributed by atoms with van der Waals surface area (Å²) in [5.74, 6) is 0.00244. The number of carbonyl (C=O) groups excluding carboxylic acids is 1. The second kappa shape index (κ2) is 3.90. The number of rotatable bonds is 1. The second-order valence-electron chi connectivity index (χ2n) is 2.24. The Kier molecular flexibility index (Phi) is 2.85. The summed E-state index contributed by atoms with van der Waals surface area (Å²) >= 11 is 4.76. The number of thiocarbonyl (C=S) groups is 1. The van der Waals surface area contributed by atoms with E-state index < -0.39 is 0 Å².